The molecule has 0 aliphatic heterocycles. The van der Waals surface area contributed by atoms with Gasteiger partial charge in [0.15, 0.2) is 0 Å². The zero-order valence-corrected chi connectivity index (χ0v) is 12.1. The number of rotatable bonds is 5. The summed E-state index contributed by atoms with van der Waals surface area (Å²) in [6.45, 7) is 2.06. The van der Waals surface area contributed by atoms with E-state index < -0.39 is 10.0 Å². The Morgan fingerprint density at radius 3 is 2.58 bits per heavy atom. The van der Waals surface area contributed by atoms with Gasteiger partial charge in [0.2, 0.25) is 15.9 Å². The lowest BCUT2D eigenvalue weighted by molar-refractivity contribution is -0.122. The fraction of sp³-hybridized carbons (Fsp3) is 0.417. The molecule has 1 aromatic rings. The van der Waals surface area contributed by atoms with E-state index in [1.165, 1.54) is 12.1 Å². The van der Waals surface area contributed by atoms with Crippen molar-refractivity contribution < 1.29 is 13.2 Å². The van der Waals surface area contributed by atoms with E-state index in [9.17, 15) is 13.2 Å². The predicted octanol–water partition coefficient (Wildman–Crippen LogP) is 0.0728. The third-order valence-corrected chi connectivity index (χ3v) is 3.43. The first kappa shape index (κ1) is 15.6. The molecular weight excluding hydrogens is 266 g/mol. The molecule has 19 heavy (non-hydrogen) atoms. The number of benzene rings is 1. The summed E-state index contributed by atoms with van der Waals surface area (Å²) in [6.07, 6.45) is 0. The summed E-state index contributed by atoms with van der Waals surface area (Å²) in [4.78, 5) is 13.4. The van der Waals surface area contributed by atoms with E-state index in [2.05, 4.69) is 5.32 Å². The number of primary sulfonamides is 1. The minimum absolute atomic E-state index is 0.0405. The molecule has 106 valence electrons. The summed E-state index contributed by atoms with van der Waals surface area (Å²) in [6, 6.07) is 5.96. The third kappa shape index (κ3) is 4.98. The van der Waals surface area contributed by atoms with Crippen molar-refractivity contribution in [1.82, 2.24) is 10.2 Å². The van der Waals surface area contributed by atoms with Crippen LogP contribution in [0.2, 0.25) is 0 Å². The normalized spacial score (nSPS) is 13.3. The molecule has 0 bridgehead atoms. The average molecular weight is 285 g/mol. The van der Waals surface area contributed by atoms with E-state index in [4.69, 9.17) is 5.14 Å². The Hall–Kier alpha value is -1.44. The molecule has 0 aliphatic carbocycles. The van der Waals surface area contributed by atoms with Crippen LogP contribution in [-0.2, 0) is 14.8 Å². The second kappa shape index (κ2) is 6.14. The van der Waals surface area contributed by atoms with Crippen molar-refractivity contribution in [2.75, 3.05) is 20.6 Å². The Morgan fingerprint density at radius 1 is 1.42 bits per heavy atom. The van der Waals surface area contributed by atoms with E-state index in [0.717, 1.165) is 0 Å². The second-order valence-corrected chi connectivity index (χ2v) is 6.21. The second-order valence-electron chi connectivity index (χ2n) is 4.64. The van der Waals surface area contributed by atoms with E-state index in [1.807, 2.05) is 0 Å². The van der Waals surface area contributed by atoms with E-state index in [-0.39, 0.29) is 23.4 Å². The number of carbonyl (C=O) groups excluding carboxylic acids is 1. The van der Waals surface area contributed by atoms with Gasteiger partial charge in [-0.25, -0.2) is 13.6 Å². The molecule has 0 aromatic heterocycles. The van der Waals surface area contributed by atoms with Gasteiger partial charge in [-0.2, -0.15) is 0 Å². The van der Waals surface area contributed by atoms with Gasteiger partial charge in [-0.1, -0.05) is 12.1 Å². The number of amides is 1. The minimum atomic E-state index is -3.73. The molecule has 0 fully saturated rings. The van der Waals surface area contributed by atoms with Crippen LogP contribution in [0.25, 0.3) is 0 Å². The number of sulfonamides is 1. The lowest BCUT2D eigenvalue weighted by Gasteiger charge is -2.17. The zero-order chi connectivity index (χ0) is 14.6. The lowest BCUT2D eigenvalue weighted by atomic mass is 10.1. The summed E-state index contributed by atoms with van der Waals surface area (Å²) in [5.41, 5.74) is 0.693. The molecule has 1 amide bonds. The summed E-state index contributed by atoms with van der Waals surface area (Å²) in [5, 5.41) is 7.86. The van der Waals surface area contributed by atoms with Gasteiger partial charge in [0.05, 0.1) is 17.5 Å². The van der Waals surface area contributed by atoms with Crippen LogP contribution in [0.3, 0.4) is 0 Å². The molecule has 0 saturated heterocycles. The summed E-state index contributed by atoms with van der Waals surface area (Å²) >= 11 is 0. The summed E-state index contributed by atoms with van der Waals surface area (Å²) < 4.78 is 22.5. The highest BCUT2D eigenvalue weighted by Gasteiger charge is 2.13. The molecule has 1 aromatic carbocycles. The number of hydrogen-bond donors (Lipinski definition) is 2. The van der Waals surface area contributed by atoms with Gasteiger partial charge in [-0.05, 0) is 38.7 Å². The fourth-order valence-electron chi connectivity index (χ4n) is 1.62. The molecule has 0 aliphatic rings. The van der Waals surface area contributed by atoms with Crippen LogP contribution >= 0.6 is 0 Å². The third-order valence-electron chi connectivity index (χ3n) is 2.52. The average Bonchev–Trinajstić information content (AvgIpc) is 2.26. The smallest absolute Gasteiger partial charge is 0.238 e. The van der Waals surface area contributed by atoms with Gasteiger partial charge in [-0.15, -0.1) is 0 Å². The molecule has 0 heterocycles. The maximum atomic E-state index is 11.6. The Labute approximate surface area is 113 Å². The quantitative estimate of drug-likeness (QED) is 0.801. The van der Waals surface area contributed by atoms with Crippen LogP contribution in [0.4, 0.5) is 0 Å². The van der Waals surface area contributed by atoms with E-state index in [0.29, 0.717) is 5.56 Å². The molecule has 1 atom stereocenters. The highest BCUT2D eigenvalue weighted by atomic mass is 32.2. The van der Waals surface area contributed by atoms with Gasteiger partial charge in [-0.3, -0.25) is 4.79 Å². The fourth-order valence-corrected chi connectivity index (χ4v) is 2.19. The van der Waals surface area contributed by atoms with Gasteiger partial charge < -0.3 is 10.2 Å². The summed E-state index contributed by atoms with van der Waals surface area (Å²) in [5.74, 6) is -0.126. The Kier molecular flexibility index (Phi) is 5.04. The van der Waals surface area contributed by atoms with Crippen molar-refractivity contribution >= 4 is 15.9 Å². The van der Waals surface area contributed by atoms with Gasteiger partial charge in [0, 0.05) is 0 Å². The number of nitrogens with one attached hydrogen (secondary N) is 1. The van der Waals surface area contributed by atoms with Crippen molar-refractivity contribution in [3.8, 4) is 0 Å². The molecule has 6 nitrogen and oxygen atoms in total. The largest absolute Gasteiger partial charge is 0.348 e. The van der Waals surface area contributed by atoms with Crippen molar-refractivity contribution in [3.05, 3.63) is 29.8 Å². The van der Waals surface area contributed by atoms with E-state index >= 15 is 0 Å². The van der Waals surface area contributed by atoms with Crippen LogP contribution in [0.5, 0.6) is 0 Å². The minimum Gasteiger partial charge on any atom is -0.348 e. The first-order valence-electron chi connectivity index (χ1n) is 5.77. The topological polar surface area (TPSA) is 92.5 Å². The lowest BCUT2D eigenvalue weighted by Crippen LogP contribution is -2.34. The highest BCUT2D eigenvalue weighted by Crippen LogP contribution is 2.16. The molecule has 0 saturated carbocycles. The molecule has 0 radical (unpaired) electrons. The predicted molar refractivity (Wildman–Crippen MR) is 72.9 cm³/mol. The number of likely N-dealkylation sites (N-methyl/N-ethyl adjacent to an activating group) is 1. The number of nitrogens with two attached hydrogens (primary N) is 1. The Bertz CT molecular complexity index is 555. The van der Waals surface area contributed by atoms with Gasteiger partial charge >= 0.3 is 0 Å². The Morgan fingerprint density at radius 2 is 2.05 bits per heavy atom. The van der Waals surface area contributed by atoms with Gasteiger partial charge in [0.1, 0.15) is 0 Å². The molecule has 1 rings (SSSR count). The molecule has 1 unspecified atom stereocenters. The van der Waals surface area contributed by atoms with Crippen LogP contribution < -0.4 is 10.5 Å². The van der Waals surface area contributed by atoms with Gasteiger partial charge in [0.25, 0.3) is 0 Å². The van der Waals surface area contributed by atoms with Crippen LogP contribution in [0.15, 0.2) is 29.2 Å². The van der Waals surface area contributed by atoms with Crippen molar-refractivity contribution in [2.45, 2.75) is 17.9 Å². The SMILES string of the molecule is CC(NC(=O)CN(C)C)c1cccc(S(N)(=O)=O)c1. The molecule has 3 N–H and O–H groups in total. The standard InChI is InChI=1S/C12H19N3O3S/c1-9(14-12(16)8-15(2)3)10-5-4-6-11(7-10)19(13,17)18/h4-7,9H,8H2,1-3H3,(H,14,16)(H2,13,17,18). The van der Waals surface area contributed by atoms with Crippen LogP contribution in [-0.4, -0.2) is 39.9 Å². The number of hydrogen-bond acceptors (Lipinski definition) is 4. The highest BCUT2D eigenvalue weighted by molar-refractivity contribution is 7.89. The Balaban J connectivity index is 2.83. The van der Waals surface area contributed by atoms with Crippen molar-refractivity contribution in [3.63, 3.8) is 0 Å². The number of nitrogens with zero attached hydrogens (tertiary/aromatic N) is 1. The monoisotopic (exact) mass is 285 g/mol. The van der Waals surface area contributed by atoms with E-state index in [1.54, 1.807) is 38.1 Å². The van der Waals surface area contributed by atoms with Crippen LogP contribution in [0, 0.1) is 0 Å². The molecular formula is C12H19N3O3S. The summed E-state index contributed by atoms with van der Waals surface area (Å²) in [7, 11) is -0.132. The molecule has 0 spiro atoms. The number of carbonyl (C=O) groups is 1. The maximum absolute atomic E-state index is 11.6. The van der Waals surface area contributed by atoms with Crippen molar-refractivity contribution in [1.29, 1.82) is 0 Å². The van der Waals surface area contributed by atoms with Crippen LogP contribution in [0.1, 0.15) is 18.5 Å². The first-order chi connectivity index (χ1) is 8.70. The zero-order valence-electron chi connectivity index (χ0n) is 11.3. The van der Waals surface area contributed by atoms with Crippen molar-refractivity contribution in [2.24, 2.45) is 5.14 Å². The molecule has 7 heteroatoms. The first-order valence-corrected chi connectivity index (χ1v) is 7.31. The maximum Gasteiger partial charge on any atom is 0.238 e.